The van der Waals surface area contributed by atoms with E-state index < -0.39 is 30.2 Å². The van der Waals surface area contributed by atoms with Gasteiger partial charge in [-0.05, 0) is 13.3 Å². The summed E-state index contributed by atoms with van der Waals surface area (Å²) in [5.74, 6) is -0.148. The molecule has 2 fully saturated rings. The van der Waals surface area contributed by atoms with E-state index in [1.165, 1.54) is 0 Å². The first kappa shape index (κ1) is 21.0. The van der Waals surface area contributed by atoms with Gasteiger partial charge >= 0.3 is 6.18 Å². The first-order valence-corrected chi connectivity index (χ1v) is 9.33. The number of hydrogen-bond donors (Lipinski definition) is 3. The molecule has 0 spiro atoms. The summed E-state index contributed by atoms with van der Waals surface area (Å²) in [6.07, 6.45) is -3.75. The number of halogens is 3. The van der Waals surface area contributed by atoms with E-state index in [1.54, 1.807) is 16.7 Å². The second-order valence-electron chi connectivity index (χ2n) is 7.45. The highest BCUT2D eigenvalue weighted by molar-refractivity contribution is 5.83. The fourth-order valence-corrected chi connectivity index (χ4v) is 3.71. The number of ether oxygens (including phenoxy) is 1. The zero-order valence-electron chi connectivity index (χ0n) is 15.6. The topological polar surface area (TPSA) is 103 Å². The third-order valence-electron chi connectivity index (χ3n) is 5.15. The molecule has 0 radical (unpaired) electrons. The number of piperidine rings is 1. The molecule has 0 aromatic carbocycles. The number of β-amino-alcohol motifs (C(OH)–C–C–N with tert-alkyl or cyclic N) is 1. The van der Waals surface area contributed by atoms with Crippen molar-refractivity contribution < 1.29 is 27.8 Å². The fourth-order valence-electron chi connectivity index (χ4n) is 3.71. The molecule has 8 nitrogen and oxygen atoms in total. The minimum absolute atomic E-state index is 0.148. The van der Waals surface area contributed by atoms with Crippen molar-refractivity contribution in [1.29, 1.82) is 0 Å². The maximum Gasteiger partial charge on any atom is 0.419 e. The summed E-state index contributed by atoms with van der Waals surface area (Å²) in [7, 11) is 0. The maximum absolute atomic E-state index is 12.7. The maximum atomic E-state index is 12.7. The lowest BCUT2D eigenvalue weighted by Gasteiger charge is -2.42. The Hall–Kier alpha value is -1.69. The van der Waals surface area contributed by atoms with Gasteiger partial charge in [0.1, 0.15) is 6.10 Å². The molecule has 0 aliphatic carbocycles. The Labute approximate surface area is 161 Å². The van der Waals surface area contributed by atoms with E-state index in [4.69, 9.17) is 10.5 Å². The molecule has 1 unspecified atom stereocenters. The van der Waals surface area contributed by atoms with Crippen LogP contribution in [-0.2, 0) is 9.53 Å². The highest BCUT2D eigenvalue weighted by Gasteiger charge is 2.42. The summed E-state index contributed by atoms with van der Waals surface area (Å²) in [5.41, 5.74) is 4.81. The van der Waals surface area contributed by atoms with Crippen molar-refractivity contribution in [3.05, 3.63) is 11.8 Å². The van der Waals surface area contributed by atoms with Crippen molar-refractivity contribution in [2.24, 2.45) is 10.7 Å². The van der Waals surface area contributed by atoms with E-state index >= 15 is 0 Å². The lowest BCUT2D eigenvalue weighted by molar-refractivity contribution is -0.143. The van der Waals surface area contributed by atoms with Crippen LogP contribution < -0.4 is 11.1 Å². The van der Waals surface area contributed by atoms with Crippen molar-refractivity contribution in [3.8, 4) is 0 Å². The van der Waals surface area contributed by atoms with Crippen LogP contribution in [0.25, 0.3) is 0 Å². The average molecular weight is 405 g/mol. The second-order valence-corrected chi connectivity index (χ2v) is 7.45. The number of hydrogen-bond acceptors (Lipinski definition) is 7. The van der Waals surface area contributed by atoms with Crippen LogP contribution in [0, 0.1) is 0 Å². The minimum Gasteiger partial charge on any atom is -0.390 e. The Morgan fingerprint density at radius 3 is 2.75 bits per heavy atom. The van der Waals surface area contributed by atoms with Crippen LogP contribution in [0.15, 0.2) is 16.8 Å². The number of amides is 1. The van der Waals surface area contributed by atoms with E-state index in [-0.39, 0.29) is 24.5 Å². The predicted octanol–water partition coefficient (Wildman–Crippen LogP) is -0.210. The molecule has 2 saturated heterocycles. The van der Waals surface area contributed by atoms with Gasteiger partial charge < -0.3 is 25.8 Å². The largest absolute Gasteiger partial charge is 0.419 e. The van der Waals surface area contributed by atoms with E-state index in [1.807, 2.05) is 0 Å². The number of aliphatic hydroxyl groups excluding tert-OH is 1. The summed E-state index contributed by atoms with van der Waals surface area (Å²) in [4.78, 5) is 19.9. The number of rotatable bonds is 5. The highest BCUT2D eigenvalue weighted by atomic mass is 19.4. The van der Waals surface area contributed by atoms with E-state index in [0.717, 1.165) is 12.4 Å². The van der Waals surface area contributed by atoms with Gasteiger partial charge in [-0.3, -0.25) is 14.7 Å². The number of aliphatic imine (C=N–C) groups is 1. The van der Waals surface area contributed by atoms with E-state index in [9.17, 15) is 23.1 Å². The zero-order chi connectivity index (χ0) is 20.5. The molecule has 0 aromatic rings. The number of nitrogens with one attached hydrogen (secondary N) is 1. The summed E-state index contributed by atoms with van der Waals surface area (Å²) in [6, 6.07) is -0.507. The average Bonchev–Trinajstić information content (AvgIpc) is 3.00. The first-order valence-electron chi connectivity index (χ1n) is 9.33. The highest BCUT2D eigenvalue weighted by Crippen LogP contribution is 2.27. The lowest BCUT2D eigenvalue weighted by atomic mass is 10.0. The van der Waals surface area contributed by atoms with Gasteiger partial charge in [0.15, 0.2) is 6.29 Å². The number of aliphatic hydroxyl groups is 1. The summed E-state index contributed by atoms with van der Waals surface area (Å²) < 4.78 is 43.5. The van der Waals surface area contributed by atoms with Gasteiger partial charge in [-0.15, -0.1) is 0 Å². The molecule has 3 rings (SSSR count). The lowest BCUT2D eigenvalue weighted by Crippen LogP contribution is -2.59. The Morgan fingerprint density at radius 2 is 2.18 bits per heavy atom. The summed E-state index contributed by atoms with van der Waals surface area (Å²) in [6.45, 7) is 3.28. The van der Waals surface area contributed by atoms with E-state index in [0.29, 0.717) is 32.5 Å². The molecule has 1 amide bonds. The molecule has 3 aliphatic rings. The van der Waals surface area contributed by atoms with Crippen molar-refractivity contribution in [1.82, 2.24) is 15.1 Å². The molecule has 0 bridgehead atoms. The summed E-state index contributed by atoms with van der Waals surface area (Å²) >= 11 is 0. The van der Waals surface area contributed by atoms with Crippen LogP contribution in [-0.4, -0.2) is 90.0 Å². The predicted molar refractivity (Wildman–Crippen MR) is 95.3 cm³/mol. The molecule has 5 atom stereocenters. The molecular formula is C17H26F3N5O3. The van der Waals surface area contributed by atoms with Gasteiger partial charge in [0.05, 0.1) is 24.3 Å². The normalized spacial score (nSPS) is 33.0. The van der Waals surface area contributed by atoms with Gasteiger partial charge in [0.2, 0.25) is 0 Å². The SMILES string of the molecule is C[C@H](N)CO[C@@H]1CCN([C@H]2CCN(C3N=CC(C(F)(F)F)=CN3)C[C@@H]2O)C1=O. The number of nitrogens with zero attached hydrogens (tertiary/aromatic N) is 3. The third kappa shape index (κ3) is 4.65. The molecule has 0 saturated carbocycles. The van der Waals surface area contributed by atoms with Gasteiger partial charge in [0.25, 0.3) is 5.91 Å². The van der Waals surface area contributed by atoms with Crippen molar-refractivity contribution in [2.75, 3.05) is 26.2 Å². The Bertz CT molecular complexity index is 640. The number of allylic oxidation sites excluding steroid dienone is 1. The van der Waals surface area contributed by atoms with Crippen molar-refractivity contribution in [3.63, 3.8) is 0 Å². The van der Waals surface area contributed by atoms with Crippen LogP contribution in [0.4, 0.5) is 13.2 Å². The summed E-state index contributed by atoms with van der Waals surface area (Å²) in [5, 5.41) is 13.2. The van der Waals surface area contributed by atoms with Crippen LogP contribution in [0.2, 0.25) is 0 Å². The van der Waals surface area contributed by atoms with Gasteiger partial charge in [-0.1, -0.05) is 0 Å². The number of nitrogens with two attached hydrogens (primary N) is 1. The quantitative estimate of drug-likeness (QED) is 0.585. The molecule has 158 valence electrons. The van der Waals surface area contributed by atoms with Gasteiger partial charge in [0, 0.05) is 44.5 Å². The van der Waals surface area contributed by atoms with Crippen molar-refractivity contribution in [2.45, 2.75) is 56.5 Å². The molecule has 3 aliphatic heterocycles. The smallest absolute Gasteiger partial charge is 0.390 e. The molecule has 11 heteroatoms. The Morgan fingerprint density at radius 1 is 1.43 bits per heavy atom. The number of carbonyl (C=O) groups excluding carboxylic acids is 1. The Balaban J connectivity index is 1.53. The van der Waals surface area contributed by atoms with Crippen LogP contribution in [0.1, 0.15) is 19.8 Å². The molecule has 4 N–H and O–H groups in total. The van der Waals surface area contributed by atoms with Crippen molar-refractivity contribution >= 4 is 12.1 Å². The Kier molecular flexibility index (Phi) is 6.28. The van der Waals surface area contributed by atoms with Crippen LogP contribution in [0.3, 0.4) is 0 Å². The molecule has 0 aromatic heterocycles. The number of likely N-dealkylation sites (tertiary alicyclic amines) is 2. The zero-order valence-corrected chi connectivity index (χ0v) is 15.6. The standard InChI is InChI=1S/C17H26F3N5O3/c1-10(21)9-28-14-3-5-25(15(14)27)12-2-4-24(8-13(12)26)16-22-6-11(7-23-16)17(18,19)20/h6-7,10,12-14,16,22,26H,2-5,8-9,21H2,1H3/t10-,12-,13-,14+,16?/m0/s1. The first-order chi connectivity index (χ1) is 13.2. The second kappa shape index (κ2) is 8.36. The monoisotopic (exact) mass is 405 g/mol. The molecular weight excluding hydrogens is 379 g/mol. The van der Waals surface area contributed by atoms with Crippen LogP contribution >= 0.6 is 0 Å². The molecule has 3 heterocycles. The van der Waals surface area contributed by atoms with Gasteiger partial charge in [-0.25, -0.2) is 0 Å². The number of carbonyl (C=O) groups is 1. The number of alkyl halides is 3. The minimum atomic E-state index is -4.45. The molecule has 28 heavy (non-hydrogen) atoms. The fraction of sp³-hybridized carbons (Fsp3) is 0.765. The van der Waals surface area contributed by atoms with E-state index in [2.05, 4.69) is 10.3 Å². The van der Waals surface area contributed by atoms with Crippen LogP contribution in [0.5, 0.6) is 0 Å². The van der Waals surface area contributed by atoms with Gasteiger partial charge in [-0.2, -0.15) is 13.2 Å². The third-order valence-corrected chi connectivity index (χ3v) is 5.15.